The molecule has 2 heterocycles. The van der Waals surface area contributed by atoms with Crippen molar-refractivity contribution in [2.45, 2.75) is 58.2 Å². The van der Waals surface area contributed by atoms with Gasteiger partial charge >= 0.3 is 6.18 Å². The van der Waals surface area contributed by atoms with Gasteiger partial charge < -0.3 is 5.11 Å². The fourth-order valence-electron chi connectivity index (χ4n) is 3.55. The average Bonchev–Trinajstić information content (AvgIpc) is 2.63. The van der Waals surface area contributed by atoms with E-state index in [9.17, 15) is 18.3 Å². The zero-order chi connectivity index (χ0) is 20.5. The number of rotatable bonds is 3. The van der Waals surface area contributed by atoms with Gasteiger partial charge in [0.25, 0.3) is 0 Å². The van der Waals surface area contributed by atoms with Crippen molar-refractivity contribution in [1.29, 1.82) is 0 Å². The van der Waals surface area contributed by atoms with E-state index in [1.165, 1.54) is 18.7 Å². The SMILES string of the molecule is CC(C)(C)c1cc(CN2CCCCC2)c(O)c(-c2ccc(C(F)(F)F)nc2)c1. The first-order chi connectivity index (χ1) is 13.1. The molecule has 1 aromatic heterocycles. The number of aromatic nitrogens is 1. The summed E-state index contributed by atoms with van der Waals surface area (Å²) >= 11 is 0. The van der Waals surface area contributed by atoms with E-state index in [1.54, 1.807) is 0 Å². The molecule has 6 heteroatoms. The Kier molecular flexibility index (Phi) is 5.71. The van der Waals surface area contributed by atoms with E-state index in [1.807, 2.05) is 12.1 Å². The Labute approximate surface area is 164 Å². The lowest BCUT2D eigenvalue weighted by molar-refractivity contribution is -0.141. The second-order valence-corrected chi connectivity index (χ2v) is 8.55. The van der Waals surface area contributed by atoms with Gasteiger partial charge in [0, 0.05) is 29.4 Å². The van der Waals surface area contributed by atoms with Crippen LogP contribution in [0.4, 0.5) is 13.2 Å². The maximum Gasteiger partial charge on any atom is 0.433 e. The van der Waals surface area contributed by atoms with E-state index in [4.69, 9.17) is 0 Å². The van der Waals surface area contributed by atoms with E-state index < -0.39 is 11.9 Å². The van der Waals surface area contributed by atoms with Gasteiger partial charge in [0.15, 0.2) is 0 Å². The van der Waals surface area contributed by atoms with E-state index in [0.29, 0.717) is 17.7 Å². The molecule has 0 radical (unpaired) electrons. The van der Waals surface area contributed by atoms with Crippen LogP contribution in [0.1, 0.15) is 56.9 Å². The molecule has 1 fully saturated rings. The first kappa shape index (κ1) is 20.6. The summed E-state index contributed by atoms with van der Waals surface area (Å²) < 4.78 is 38.5. The third-order valence-corrected chi connectivity index (χ3v) is 5.26. The Morgan fingerprint density at radius 3 is 2.25 bits per heavy atom. The Morgan fingerprint density at radius 1 is 1.04 bits per heavy atom. The fraction of sp³-hybridized carbons (Fsp3) is 0.500. The van der Waals surface area contributed by atoms with Crippen LogP contribution in [0.3, 0.4) is 0 Å². The lowest BCUT2D eigenvalue weighted by atomic mass is 9.83. The minimum atomic E-state index is -4.48. The number of hydrogen-bond donors (Lipinski definition) is 1. The van der Waals surface area contributed by atoms with Crippen molar-refractivity contribution in [3.63, 3.8) is 0 Å². The van der Waals surface area contributed by atoms with Gasteiger partial charge in [-0.3, -0.25) is 9.88 Å². The van der Waals surface area contributed by atoms with Crippen molar-refractivity contribution >= 4 is 0 Å². The van der Waals surface area contributed by atoms with Crippen molar-refractivity contribution in [3.05, 3.63) is 47.3 Å². The van der Waals surface area contributed by atoms with Gasteiger partial charge in [0.1, 0.15) is 11.4 Å². The zero-order valence-electron chi connectivity index (χ0n) is 16.6. The number of piperidine rings is 1. The number of hydrogen-bond acceptors (Lipinski definition) is 3. The average molecular weight is 392 g/mol. The largest absolute Gasteiger partial charge is 0.507 e. The van der Waals surface area contributed by atoms with Crippen LogP contribution in [0.25, 0.3) is 11.1 Å². The Morgan fingerprint density at radius 2 is 1.71 bits per heavy atom. The van der Waals surface area contributed by atoms with E-state index >= 15 is 0 Å². The molecule has 0 bridgehead atoms. The molecule has 1 aliphatic heterocycles. The van der Waals surface area contributed by atoms with E-state index in [-0.39, 0.29) is 11.2 Å². The summed E-state index contributed by atoms with van der Waals surface area (Å²) in [6.45, 7) is 8.88. The normalized spacial score (nSPS) is 16.4. The summed E-state index contributed by atoms with van der Waals surface area (Å²) in [6.07, 6.45) is 0.236. The number of pyridine rings is 1. The number of phenols is 1. The molecule has 28 heavy (non-hydrogen) atoms. The van der Waals surface area contributed by atoms with Crippen molar-refractivity contribution in [1.82, 2.24) is 9.88 Å². The molecule has 0 saturated carbocycles. The van der Waals surface area contributed by atoms with Gasteiger partial charge in [-0.05, 0) is 49.0 Å². The van der Waals surface area contributed by atoms with Gasteiger partial charge in [0.05, 0.1) is 0 Å². The van der Waals surface area contributed by atoms with Gasteiger partial charge in [-0.1, -0.05) is 39.3 Å². The molecule has 1 saturated heterocycles. The Bertz CT molecular complexity index is 817. The third-order valence-electron chi connectivity index (χ3n) is 5.26. The van der Waals surface area contributed by atoms with E-state index in [0.717, 1.165) is 43.1 Å². The quantitative estimate of drug-likeness (QED) is 0.722. The van der Waals surface area contributed by atoms with Gasteiger partial charge in [-0.2, -0.15) is 13.2 Å². The molecule has 1 N–H and O–H groups in total. The summed E-state index contributed by atoms with van der Waals surface area (Å²) in [7, 11) is 0. The highest BCUT2D eigenvalue weighted by atomic mass is 19.4. The number of likely N-dealkylation sites (tertiary alicyclic amines) is 1. The highest BCUT2D eigenvalue weighted by Gasteiger charge is 2.32. The molecule has 1 aromatic carbocycles. The van der Waals surface area contributed by atoms with Crippen LogP contribution in [0, 0.1) is 0 Å². The summed E-state index contributed by atoms with van der Waals surface area (Å²) in [4.78, 5) is 5.88. The summed E-state index contributed by atoms with van der Waals surface area (Å²) in [5, 5.41) is 10.9. The fourth-order valence-corrected chi connectivity index (χ4v) is 3.55. The zero-order valence-corrected chi connectivity index (χ0v) is 16.6. The van der Waals surface area contributed by atoms with Gasteiger partial charge in [-0.25, -0.2) is 0 Å². The lowest BCUT2D eigenvalue weighted by Crippen LogP contribution is -2.29. The van der Waals surface area contributed by atoms with E-state index in [2.05, 4.69) is 30.7 Å². The van der Waals surface area contributed by atoms with Crippen LogP contribution >= 0.6 is 0 Å². The molecule has 0 atom stereocenters. The monoisotopic (exact) mass is 392 g/mol. The predicted octanol–water partition coefficient (Wildman–Crippen LogP) is 5.76. The van der Waals surface area contributed by atoms with Gasteiger partial charge in [0.2, 0.25) is 0 Å². The third kappa shape index (κ3) is 4.66. The Hall–Kier alpha value is -2.08. The van der Waals surface area contributed by atoms with Crippen LogP contribution < -0.4 is 0 Å². The number of phenolic OH excluding ortho intramolecular Hbond substituents is 1. The lowest BCUT2D eigenvalue weighted by Gasteiger charge is -2.28. The highest BCUT2D eigenvalue weighted by Crippen LogP contribution is 2.38. The summed E-state index contributed by atoms with van der Waals surface area (Å²) in [5.74, 6) is 0.125. The van der Waals surface area contributed by atoms with Crippen molar-refractivity contribution in [3.8, 4) is 16.9 Å². The standard InChI is InChI=1S/C22H27F3N2O/c1-21(2,3)17-11-16(14-27-9-5-4-6-10-27)20(28)18(12-17)15-7-8-19(26-13-15)22(23,24)25/h7-8,11-13,28H,4-6,9-10,14H2,1-3H3. The second kappa shape index (κ2) is 7.74. The van der Waals surface area contributed by atoms with Crippen LogP contribution in [-0.2, 0) is 18.1 Å². The maximum absolute atomic E-state index is 12.8. The molecule has 0 aliphatic carbocycles. The minimum Gasteiger partial charge on any atom is -0.507 e. The summed E-state index contributed by atoms with van der Waals surface area (Å²) in [6, 6.07) is 6.22. The molecule has 3 nitrogen and oxygen atoms in total. The molecule has 0 amide bonds. The highest BCUT2D eigenvalue weighted by molar-refractivity contribution is 5.72. The number of benzene rings is 1. The van der Waals surface area contributed by atoms with Gasteiger partial charge in [-0.15, -0.1) is 0 Å². The van der Waals surface area contributed by atoms with Crippen molar-refractivity contribution in [2.24, 2.45) is 0 Å². The molecular weight excluding hydrogens is 365 g/mol. The van der Waals surface area contributed by atoms with Crippen LogP contribution in [0.2, 0.25) is 0 Å². The number of aromatic hydroxyl groups is 1. The topological polar surface area (TPSA) is 36.4 Å². The number of halogens is 3. The van der Waals surface area contributed by atoms with Crippen LogP contribution in [0.5, 0.6) is 5.75 Å². The number of alkyl halides is 3. The number of nitrogens with zero attached hydrogens (tertiary/aromatic N) is 2. The molecule has 2 aromatic rings. The van der Waals surface area contributed by atoms with Crippen LogP contribution in [0.15, 0.2) is 30.5 Å². The van der Waals surface area contributed by atoms with Crippen LogP contribution in [-0.4, -0.2) is 28.1 Å². The summed E-state index contributed by atoms with van der Waals surface area (Å²) in [5.41, 5.74) is 1.77. The van der Waals surface area contributed by atoms with Crippen molar-refractivity contribution in [2.75, 3.05) is 13.1 Å². The first-order valence-corrected chi connectivity index (χ1v) is 9.68. The molecule has 152 valence electrons. The maximum atomic E-state index is 12.8. The second-order valence-electron chi connectivity index (χ2n) is 8.55. The Balaban J connectivity index is 2.02. The minimum absolute atomic E-state index is 0.125. The molecule has 0 unspecified atom stereocenters. The van der Waals surface area contributed by atoms with Crippen molar-refractivity contribution < 1.29 is 18.3 Å². The molecule has 1 aliphatic rings. The molecule has 0 spiro atoms. The predicted molar refractivity (Wildman–Crippen MR) is 104 cm³/mol. The molecule has 3 rings (SSSR count). The smallest absolute Gasteiger partial charge is 0.433 e. The first-order valence-electron chi connectivity index (χ1n) is 9.68. The molecular formula is C22H27F3N2O.